The Hall–Kier alpha value is -2.98. The first-order chi connectivity index (χ1) is 14.8. The van der Waals surface area contributed by atoms with Crippen molar-refractivity contribution in [3.63, 3.8) is 0 Å². The zero-order chi connectivity index (χ0) is 22.2. The van der Waals surface area contributed by atoms with Crippen LogP contribution in [0.15, 0.2) is 47.4 Å². The average molecular weight is 447 g/mol. The molecular weight excluding hydrogens is 425 g/mol. The molecule has 0 aromatic heterocycles. The van der Waals surface area contributed by atoms with Crippen LogP contribution < -0.4 is 9.64 Å². The van der Waals surface area contributed by atoms with Crippen molar-refractivity contribution in [3.05, 3.63) is 53.8 Å². The Morgan fingerprint density at radius 2 is 1.71 bits per heavy atom. The minimum Gasteiger partial charge on any atom is -0.487 e. The lowest BCUT2D eigenvalue weighted by Gasteiger charge is -2.21. The standard InChI is InChI=1S/C21H22FN3O5S/c1-23-20(26)13-25(21(23)27)18-9-8-17(31(28,29)24-10-2-3-11-24)12-19(18)30-14-15-4-6-16(22)7-5-15/h4-9,12H,2-3,10-11,13-14H2,1H3. The third-order valence-corrected chi connectivity index (χ3v) is 7.31. The van der Waals surface area contributed by atoms with Crippen LogP contribution >= 0.6 is 0 Å². The molecule has 2 aliphatic rings. The van der Waals surface area contributed by atoms with Crippen LogP contribution in [0.3, 0.4) is 0 Å². The Morgan fingerprint density at radius 3 is 2.32 bits per heavy atom. The van der Waals surface area contributed by atoms with E-state index in [1.165, 1.54) is 46.6 Å². The van der Waals surface area contributed by atoms with Crippen molar-refractivity contribution in [2.75, 3.05) is 31.6 Å². The van der Waals surface area contributed by atoms with Gasteiger partial charge in [-0.25, -0.2) is 17.6 Å². The van der Waals surface area contributed by atoms with Crippen LogP contribution in [-0.2, 0) is 21.4 Å². The van der Waals surface area contributed by atoms with Crippen molar-refractivity contribution in [2.45, 2.75) is 24.3 Å². The minimum atomic E-state index is -3.70. The van der Waals surface area contributed by atoms with Gasteiger partial charge in [-0.05, 0) is 42.7 Å². The summed E-state index contributed by atoms with van der Waals surface area (Å²) in [6.07, 6.45) is 1.62. The van der Waals surface area contributed by atoms with Crippen LogP contribution in [0.1, 0.15) is 18.4 Å². The van der Waals surface area contributed by atoms with E-state index >= 15 is 0 Å². The van der Waals surface area contributed by atoms with Gasteiger partial charge in [-0.15, -0.1) is 0 Å². The number of sulfonamides is 1. The van der Waals surface area contributed by atoms with Gasteiger partial charge >= 0.3 is 6.03 Å². The van der Waals surface area contributed by atoms with E-state index in [1.54, 1.807) is 12.1 Å². The Bertz CT molecular complexity index is 1110. The van der Waals surface area contributed by atoms with Crippen molar-refractivity contribution < 1.29 is 27.1 Å². The Kier molecular flexibility index (Phi) is 5.67. The lowest BCUT2D eigenvalue weighted by molar-refractivity contribution is -0.123. The van der Waals surface area contributed by atoms with E-state index in [4.69, 9.17) is 4.74 Å². The number of halogens is 1. The maximum Gasteiger partial charge on any atom is 0.331 e. The number of hydrogen-bond acceptors (Lipinski definition) is 5. The molecule has 8 nitrogen and oxygen atoms in total. The van der Waals surface area contributed by atoms with Crippen molar-refractivity contribution >= 4 is 27.6 Å². The lowest BCUT2D eigenvalue weighted by Crippen LogP contribution is -2.30. The van der Waals surface area contributed by atoms with Crippen LogP contribution in [0.2, 0.25) is 0 Å². The molecule has 2 fully saturated rings. The third-order valence-electron chi connectivity index (χ3n) is 5.42. The van der Waals surface area contributed by atoms with Crippen LogP contribution in [0.4, 0.5) is 14.9 Å². The number of rotatable bonds is 6. The normalized spacial score (nSPS) is 17.6. The van der Waals surface area contributed by atoms with Gasteiger partial charge in [-0.2, -0.15) is 4.31 Å². The zero-order valence-corrected chi connectivity index (χ0v) is 17.8. The van der Waals surface area contributed by atoms with Crippen LogP contribution in [0, 0.1) is 5.82 Å². The Balaban J connectivity index is 1.69. The van der Waals surface area contributed by atoms with Crippen LogP contribution in [-0.4, -0.2) is 56.2 Å². The first-order valence-corrected chi connectivity index (χ1v) is 11.3. The third kappa shape index (κ3) is 4.13. The molecule has 31 heavy (non-hydrogen) atoms. The van der Waals surface area contributed by atoms with E-state index in [1.807, 2.05) is 0 Å². The molecule has 0 spiro atoms. The number of nitrogens with zero attached hydrogens (tertiary/aromatic N) is 3. The van der Waals surface area contributed by atoms with Gasteiger partial charge in [-0.3, -0.25) is 14.6 Å². The molecule has 2 aromatic carbocycles. The molecule has 10 heteroatoms. The van der Waals surface area contributed by atoms with E-state index in [0.29, 0.717) is 24.3 Å². The topological polar surface area (TPSA) is 87.2 Å². The van der Waals surface area contributed by atoms with Crippen molar-refractivity contribution in [1.82, 2.24) is 9.21 Å². The van der Waals surface area contributed by atoms with Crippen molar-refractivity contribution in [3.8, 4) is 5.75 Å². The van der Waals surface area contributed by atoms with Gasteiger partial charge < -0.3 is 4.74 Å². The highest BCUT2D eigenvalue weighted by atomic mass is 32.2. The number of likely N-dealkylation sites (N-methyl/N-ethyl adjacent to an activating group) is 1. The fourth-order valence-electron chi connectivity index (χ4n) is 3.60. The first kappa shape index (κ1) is 21.3. The molecule has 2 aromatic rings. The molecule has 0 aliphatic carbocycles. The number of imide groups is 1. The molecular formula is C21H22FN3O5S. The second kappa shape index (κ2) is 8.27. The van der Waals surface area contributed by atoms with E-state index in [2.05, 4.69) is 0 Å². The number of carbonyl (C=O) groups excluding carboxylic acids is 2. The number of hydrogen-bond donors (Lipinski definition) is 0. The number of anilines is 1. The van der Waals surface area contributed by atoms with Gasteiger partial charge in [0.1, 0.15) is 24.7 Å². The second-order valence-electron chi connectivity index (χ2n) is 7.48. The summed E-state index contributed by atoms with van der Waals surface area (Å²) in [5, 5.41) is 0. The maximum absolute atomic E-state index is 13.2. The van der Waals surface area contributed by atoms with Gasteiger partial charge in [0.05, 0.1) is 10.6 Å². The molecule has 0 bridgehead atoms. The largest absolute Gasteiger partial charge is 0.487 e. The quantitative estimate of drug-likeness (QED) is 0.636. The molecule has 0 atom stereocenters. The summed E-state index contributed by atoms with van der Waals surface area (Å²) in [7, 11) is -2.32. The van der Waals surface area contributed by atoms with Crippen molar-refractivity contribution in [2.24, 2.45) is 0 Å². The summed E-state index contributed by atoms with van der Waals surface area (Å²) < 4.78 is 46.4. The van der Waals surface area contributed by atoms with Crippen LogP contribution in [0.5, 0.6) is 5.75 Å². The summed E-state index contributed by atoms with van der Waals surface area (Å²) in [4.78, 5) is 26.8. The first-order valence-electron chi connectivity index (χ1n) is 9.87. The summed E-state index contributed by atoms with van der Waals surface area (Å²) in [5.41, 5.74) is 0.964. The smallest absolute Gasteiger partial charge is 0.331 e. The maximum atomic E-state index is 13.2. The van der Waals surface area contributed by atoms with Gasteiger partial charge in [0.15, 0.2) is 0 Å². The minimum absolute atomic E-state index is 0.0340. The fraction of sp³-hybridized carbons (Fsp3) is 0.333. The number of carbonyl (C=O) groups is 2. The molecule has 2 aliphatic heterocycles. The fourth-order valence-corrected chi connectivity index (χ4v) is 5.13. The van der Waals surface area contributed by atoms with E-state index in [-0.39, 0.29) is 35.5 Å². The number of urea groups is 1. The van der Waals surface area contributed by atoms with E-state index in [0.717, 1.165) is 17.7 Å². The SMILES string of the molecule is CN1C(=O)CN(c2ccc(S(=O)(=O)N3CCCC3)cc2OCc2ccc(F)cc2)C1=O. The molecule has 2 saturated heterocycles. The molecule has 0 radical (unpaired) electrons. The molecule has 0 N–H and O–H groups in total. The molecule has 3 amide bonds. The summed E-state index contributed by atoms with van der Waals surface area (Å²) in [6, 6.07) is 9.46. The van der Waals surface area contributed by atoms with Crippen molar-refractivity contribution in [1.29, 1.82) is 0 Å². The average Bonchev–Trinajstić information content (AvgIpc) is 3.39. The lowest BCUT2D eigenvalue weighted by atomic mass is 10.2. The number of benzene rings is 2. The molecule has 0 unspecified atom stereocenters. The van der Waals surface area contributed by atoms with E-state index < -0.39 is 16.1 Å². The van der Waals surface area contributed by atoms with Gasteiger partial charge in [0.25, 0.3) is 0 Å². The summed E-state index contributed by atoms with van der Waals surface area (Å²) in [5.74, 6) is -0.600. The molecule has 164 valence electrons. The number of ether oxygens (including phenoxy) is 1. The predicted molar refractivity (Wildman–Crippen MR) is 111 cm³/mol. The Morgan fingerprint density at radius 1 is 1.03 bits per heavy atom. The highest BCUT2D eigenvalue weighted by molar-refractivity contribution is 7.89. The number of amides is 3. The molecule has 0 saturated carbocycles. The summed E-state index contributed by atoms with van der Waals surface area (Å²) >= 11 is 0. The van der Waals surface area contributed by atoms with Crippen LogP contribution in [0.25, 0.3) is 0 Å². The predicted octanol–water partition coefficient (Wildman–Crippen LogP) is 2.59. The van der Waals surface area contributed by atoms with Gasteiger partial charge in [-0.1, -0.05) is 12.1 Å². The highest BCUT2D eigenvalue weighted by Crippen LogP contribution is 2.35. The second-order valence-corrected chi connectivity index (χ2v) is 9.42. The highest BCUT2D eigenvalue weighted by Gasteiger charge is 2.36. The molecule has 4 rings (SSSR count). The van der Waals surface area contributed by atoms with E-state index in [9.17, 15) is 22.4 Å². The van der Waals surface area contributed by atoms with Gasteiger partial charge in [0.2, 0.25) is 15.9 Å². The molecule has 2 heterocycles. The monoisotopic (exact) mass is 447 g/mol. The summed E-state index contributed by atoms with van der Waals surface area (Å²) in [6.45, 7) is 0.784. The zero-order valence-electron chi connectivity index (χ0n) is 17.0. The van der Waals surface area contributed by atoms with Gasteiger partial charge in [0, 0.05) is 26.2 Å². The Labute approximate surface area is 179 Å².